The van der Waals surface area contributed by atoms with Crippen molar-refractivity contribution in [3.63, 3.8) is 0 Å². The Morgan fingerprint density at radius 2 is 0.833 bits per heavy atom. The van der Waals surface area contributed by atoms with Gasteiger partial charge in [0.2, 0.25) is 20.0 Å². The molecule has 0 aliphatic carbocycles. The maximum Gasteiger partial charge on any atom is 0.275 e. The van der Waals surface area contributed by atoms with Crippen molar-refractivity contribution in [1.29, 1.82) is 0 Å². The van der Waals surface area contributed by atoms with Gasteiger partial charge < -0.3 is 32.4 Å². The van der Waals surface area contributed by atoms with E-state index in [0.29, 0.717) is 0 Å². The highest BCUT2D eigenvalue weighted by Gasteiger charge is 2.24. The minimum absolute atomic E-state index is 0.00861. The summed E-state index contributed by atoms with van der Waals surface area (Å²) in [6.45, 7) is 10.6. The van der Waals surface area contributed by atoms with Crippen molar-refractivity contribution < 1.29 is 53.5 Å². The second-order valence-electron chi connectivity index (χ2n) is 17.0. The summed E-state index contributed by atoms with van der Waals surface area (Å²) in [7, 11) is -8.01. The van der Waals surface area contributed by atoms with Crippen molar-refractivity contribution in [3.8, 4) is 23.0 Å². The number of rotatable bonds is 20. The lowest BCUT2D eigenvalue weighted by Crippen LogP contribution is -2.30. The average molecular weight is 1040 g/mol. The predicted molar refractivity (Wildman–Crippen MR) is 267 cm³/mol. The minimum atomic E-state index is -4.00. The molecule has 0 aliphatic heterocycles. The number of aliphatic imine (C=N–C) groups is 2. The van der Waals surface area contributed by atoms with Crippen LogP contribution in [0.5, 0.6) is 23.0 Å². The lowest BCUT2D eigenvalue weighted by Gasteiger charge is -2.23. The van der Waals surface area contributed by atoms with Crippen LogP contribution in [0, 0.1) is 35.1 Å². The highest BCUT2D eigenvalue weighted by Crippen LogP contribution is 2.33. The van der Waals surface area contributed by atoms with Gasteiger partial charge in [-0.1, -0.05) is 52.0 Å². The summed E-state index contributed by atoms with van der Waals surface area (Å²) in [6, 6.07) is 21.5. The van der Waals surface area contributed by atoms with Crippen LogP contribution in [0.3, 0.4) is 0 Å². The smallest absolute Gasteiger partial charge is 0.275 e. The zero-order valence-corrected chi connectivity index (χ0v) is 41.5. The van der Waals surface area contributed by atoms with E-state index >= 15 is 0 Å². The SMILES string of the molecule is C/C(=C\c1cc(F)c(Oc2ccc(S(=O)(=O)NCC(C)C(C)c3ccc(C(C)C(C)CNS(=O)(=O)c4ccc(Oc5c(F)cc(/C=C(\C)C(=O)N=C(N)N)cc5F)cc4)cc3)cc2)c(F)c1)C(=O)N=C(N)N. The molecule has 16 nitrogen and oxygen atoms in total. The van der Waals surface area contributed by atoms with Gasteiger partial charge in [-0.05, 0) is 145 Å². The molecule has 2 amide bonds. The van der Waals surface area contributed by atoms with E-state index in [0.717, 1.165) is 35.4 Å². The number of halogens is 4. The first-order valence-corrected chi connectivity index (χ1v) is 25.0. The third kappa shape index (κ3) is 14.8. The van der Waals surface area contributed by atoms with Crippen LogP contribution in [-0.4, -0.2) is 53.7 Å². The lowest BCUT2D eigenvalue weighted by molar-refractivity contribution is -0.115. The van der Waals surface area contributed by atoms with Crippen molar-refractivity contribution >= 4 is 55.9 Å². The first-order valence-electron chi connectivity index (χ1n) is 22.0. The fourth-order valence-corrected chi connectivity index (χ4v) is 9.21. The number of hydrogen-bond donors (Lipinski definition) is 6. The van der Waals surface area contributed by atoms with Crippen LogP contribution in [0.25, 0.3) is 12.2 Å². The molecule has 5 rings (SSSR count). The minimum Gasteiger partial charge on any atom is -0.451 e. The van der Waals surface area contributed by atoms with Crippen molar-refractivity contribution in [2.75, 3.05) is 13.1 Å². The number of nitrogens with two attached hydrogens (primary N) is 4. The average Bonchev–Trinajstić information content (AvgIpc) is 3.31. The highest BCUT2D eigenvalue weighted by molar-refractivity contribution is 7.89. The molecule has 0 saturated heterocycles. The molecule has 72 heavy (non-hydrogen) atoms. The molecule has 4 unspecified atom stereocenters. The van der Waals surface area contributed by atoms with Crippen molar-refractivity contribution in [2.24, 2.45) is 44.8 Å². The highest BCUT2D eigenvalue weighted by atomic mass is 32.2. The van der Waals surface area contributed by atoms with E-state index in [1.165, 1.54) is 74.5 Å². The van der Waals surface area contributed by atoms with E-state index in [9.17, 15) is 44.0 Å². The van der Waals surface area contributed by atoms with Crippen LogP contribution in [-0.2, 0) is 29.6 Å². The van der Waals surface area contributed by atoms with E-state index in [4.69, 9.17) is 32.4 Å². The van der Waals surface area contributed by atoms with Crippen molar-refractivity contribution in [1.82, 2.24) is 9.44 Å². The van der Waals surface area contributed by atoms with Gasteiger partial charge in [-0.15, -0.1) is 0 Å². The van der Waals surface area contributed by atoms with Gasteiger partial charge in [0.25, 0.3) is 11.8 Å². The molecular formula is C50H54F4N8O8S2. The van der Waals surface area contributed by atoms with Crippen LogP contribution >= 0.6 is 0 Å². The quantitative estimate of drug-likeness (QED) is 0.0190. The summed E-state index contributed by atoms with van der Waals surface area (Å²) in [5.74, 6) is -8.87. The maximum atomic E-state index is 14.9. The molecule has 0 fully saturated rings. The van der Waals surface area contributed by atoms with E-state index in [-0.39, 0.29) is 80.3 Å². The molecular weight excluding hydrogens is 981 g/mol. The Hall–Kier alpha value is -7.40. The molecule has 0 heterocycles. The number of nitrogens with zero attached hydrogens (tertiary/aromatic N) is 2. The Kier molecular flexibility index (Phi) is 18.3. The first-order chi connectivity index (χ1) is 33.7. The third-order valence-corrected chi connectivity index (χ3v) is 14.4. The Labute approximate surface area is 415 Å². The largest absolute Gasteiger partial charge is 0.451 e. The molecule has 0 saturated carbocycles. The van der Waals surface area contributed by atoms with Gasteiger partial charge in [0.1, 0.15) is 11.5 Å². The fraction of sp³-hybridized carbons (Fsp3) is 0.240. The van der Waals surface area contributed by atoms with Gasteiger partial charge in [0.05, 0.1) is 9.79 Å². The molecule has 4 atom stereocenters. The summed E-state index contributed by atoms with van der Waals surface area (Å²) in [4.78, 5) is 30.5. The van der Waals surface area contributed by atoms with Gasteiger partial charge in [0, 0.05) is 24.2 Å². The first kappa shape index (κ1) is 55.5. The maximum absolute atomic E-state index is 14.9. The van der Waals surface area contributed by atoms with Crippen LogP contribution < -0.4 is 41.9 Å². The Balaban J connectivity index is 1.11. The van der Waals surface area contributed by atoms with Gasteiger partial charge in [-0.25, -0.2) is 43.8 Å². The Morgan fingerprint density at radius 1 is 0.542 bits per heavy atom. The molecule has 0 aromatic heterocycles. The van der Waals surface area contributed by atoms with Crippen LogP contribution in [0.15, 0.2) is 128 Å². The summed E-state index contributed by atoms with van der Waals surface area (Å²) in [6.07, 6.45) is 2.39. The second kappa shape index (κ2) is 23.7. The standard InChI is InChI=1S/C50H54F4N8O8S2/c1-27(47(63)61-49(55)56)19-33-21-41(51)45(42(52)22-33)69-37-11-15-39(16-12-37)71(65,66)59-25-29(3)31(5)35-7-9-36(10-8-35)32(6)30(4)26-60-72(67,68)40-17-13-38(14-18-40)70-46-43(53)23-34(24-44(46)54)20-28(2)48(64)62-50(57)58/h7-24,29-32,59-60H,25-26H2,1-6H3,(H4,55,56,61,63)(H4,57,58,62,64)/b27-19+,28-20+. The monoisotopic (exact) mass is 1030 g/mol. The van der Waals surface area contributed by atoms with E-state index in [1.54, 1.807) is 0 Å². The van der Waals surface area contributed by atoms with E-state index in [1.807, 2.05) is 52.0 Å². The van der Waals surface area contributed by atoms with E-state index in [2.05, 4.69) is 19.4 Å². The molecule has 0 radical (unpaired) electrons. The number of hydrogen-bond acceptors (Lipinski definition) is 8. The van der Waals surface area contributed by atoms with Crippen molar-refractivity contribution in [2.45, 2.75) is 63.2 Å². The number of sulfonamides is 2. The summed E-state index contributed by atoms with van der Waals surface area (Å²) in [5, 5.41) is 0. The topological polar surface area (TPSA) is 274 Å². The number of amides is 2. The molecule has 5 aromatic rings. The van der Waals surface area contributed by atoms with Gasteiger partial charge in [0.15, 0.2) is 46.7 Å². The van der Waals surface area contributed by atoms with Gasteiger partial charge >= 0.3 is 0 Å². The molecule has 10 N–H and O–H groups in total. The lowest BCUT2D eigenvalue weighted by atomic mass is 9.85. The zero-order valence-electron chi connectivity index (χ0n) is 39.9. The van der Waals surface area contributed by atoms with Crippen molar-refractivity contribution in [3.05, 3.63) is 154 Å². The summed E-state index contributed by atoms with van der Waals surface area (Å²) < 4.78 is 129. The Morgan fingerprint density at radius 3 is 1.11 bits per heavy atom. The number of benzene rings is 5. The van der Waals surface area contributed by atoms with E-state index < -0.39 is 78.5 Å². The number of carbonyl (C=O) groups excluding carboxylic acids is 2. The molecule has 5 aromatic carbocycles. The number of ether oxygens (including phenoxy) is 2. The third-order valence-electron chi connectivity index (χ3n) is 11.5. The zero-order chi connectivity index (χ0) is 53.2. The predicted octanol–water partition coefficient (Wildman–Crippen LogP) is 7.67. The summed E-state index contributed by atoms with van der Waals surface area (Å²) in [5.41, 5.74) is 22.8. The second-order valence-corrected chi connectivity index (χ2v) is 20.5. The van der Waals surface area contributed by atoms with Crippen LogP contribution in [0.2, 0.25) is 0 Å². The number of guanidine groups is 2. The molecule has 0 spiro atoms. The molecule has 22 heteroatoms. The number of carbonyl (C=O) groups is 2. The van der Waals surface area contributed by atoms with Gasteiger partial charge in [-0.2, -0.15) is 9.98 Å². The molecule has 382 valence electrons. The molecule has 0 bridgehead atoms. The normalized spacial score (nSPS) is 13.9. The Bertz CT molecular complexity index is 2900. The van der Waals surface area contributed by atoms with Crippen LogP contribution in [0.4, 0.5) is 17.6 Å². The summed E-state index contributed by atoms with van der Waals surface area (Å²) >= 11 is 0. The fourth-order valence-electron chi connectivity index (χ4n) is 6.93. The van der Waals surface area contributed by atoms with Gasteiger partial charge in [-0.3, -0.25) is 9.59 Å². The molecule has 0 aliphatic rings. The van der Waals surface area contributed by atoms with Crippen LogP contribution in [0.1, 0.15) is 75.6 Å². The number of nitrogens with one attached hydrogen (secondary N) is 2.